The highest BCUT2D eigenvalue weighted by atomic mass is 16.6. The number of likely N-dealkylation sites (tertiary alicyclic amines) is 1. The molecule has 1 saturated heterocycles. The van der Waals surface area contributed by atoms with Crippen molar-refractivity contribution in [3.63, 3.8) is 0 Å². The van der Waals surface area contributed by atoms with Gasteiger partial charge in [-0.1, -0.05) is 48.4 Å². The van der Waals surface area contributed by atoms with Crippen LogP contribution in [-0.4, -0.2) is 42.1 Å². The summed E-state index contributed by atoms with van der Waals surface area (Å²) in [6.07, 6.45) is 8.12. The fraction of sp³-hybridized carbons (Fsp3) is 0.519. The van der Waals surface area contributed by atoms with Gasteiger partial charge in [-0.15, -0.1) is 0 Å². The minimum absolute atomic E-state index is 0.255. The molecule has 0 spiro atoms. The lowest BCUT2D eigenvalue weighted by Crippen LogP contribution is -2.40. The van der Waals surface area contributed by atoms with Gasteiger partial charge in [0, 0.05) is 19.6 Å². The molecule has 4 nitrogen and oxygen atoms in total. The van der Waals surface area contributed by atoms with Gasteiger partial charge in [0.05, 0.1) is 0 Å². The van der Waals surface area contributed by atoms with Crippen LogP contribution in [0.25, 0.3) is 0 Å². The molecule has 0 N–H and O–H groups in total. The maximum Gasteiger partial charge on any atom is 0.415 e. The second-order valence-electron chi connectivity index (χ2n) is 9.38. The Morgan fingerprint density at radius 2 is 1.58 bits per heavy atom. The van der Waals surface area contributed by atoms with E-state index >= 15 is 0 Å². The smallest absolute Gasteiger partial charge is 0.410 e. The highest BCUT2D eigenvalue weighted by Gasteiger charge is 2.28. The molecule has 1 heterocycles. The molecule has 1 amide bonds. The zero-order valence-corrected chi connectivity index (χ0v) is 19.1. The Morgan fingerprint density at radius 3 is 2.23 bits per heavy atom. The van der Waals surface area contributed by atoms with Crippen LogP contribution in [0.3, 0.4) is 0 Å². The summed E-state index contributed by atoms with van der Waals surface area (Å²) in [5.74, 6) is 1.21. The van der Waals surface area contributed by atoms with E-state index in [4.69, 9.17) is 4.74 Å². The second kappa shape index (κ2) is 10.3. The first-order valence-electron chi connectivity index (χ1n) is 11.9. The maximum atomic E-state index is 12.5. The SMILES string of the molecule is Cc1ccc(OC(=O)N(C)[C@H]2CC[C@H](c3ccc(CN4CCCCC4)cc3)CC2)cc1. The number of benzene rings is 2. The Morgan fingerprint density at radius 1 is 0.935 bits per heavy atom. The Balaban J connectivity index is 1.25. The summed E-state index contributed by atoms with van der Waals surface area (Å²) in [6.45, 7) is 5.59. The Hall–Kier alpha value is -2.33. The number of hydrogen-bond acceptors (Lipinski definition) is 3. The third-order valence-electron chi connectivity index (χ3n) is 7.06. The minimum Gasteiger partial charge on any atom is -0.410 e. The molecule has 2 fully saturated rings. The normalized spacial score (nSPS) is 22.1. The van der Waals surface area contributed by atoms with Crippen molar-refractivity contribution in [1.82, 2.24) is 9.80 Å². The third kappa shape index (κ3) is 5.88. The lowest BCUT2D eigenvalue weighted by molar-refractivity contribution is 0.130. The van der Waals surface area contributed by atoms with Crippen molar-refractivity contribution in [2.75, 3.05) is 20.1 Å². The molecule has 4 rings (SSSR count). The Labute approximate surface area is 187 Å². The van der Waals surface area contributed by atoms with Crippen molar-refractivity contribution < 1.29 is 9.53 Å². The molecule has 0 unspecified atom stereocenters. The average molecular weight is 421 g/mol. The zero-order chi connectivity index (χ0) is 21.6. The number of hydrogen-bond donors (Lipinski definition) is 0. The van der Waals surface area contributed by atoms with E-state index in [0.717, 1.165) is 37.8 Å². The second-order valence-corrected chi connectivity index (χ2v) is 9.38. The summed E-state index contributed by atoms with van der Waals surface area (Å²) in [5.41, 5.74) is 4.04. The van der Waals surface area contributed by atoms with Gasteiger partial charge in [-0.2, -0.15) is 0 Å². The first kappa shape index (κ1) is 21.9. The van der Waals surface area contributed by atoms with Gasteiger partial charge in [0.25, 0.3) is 0 Å². The van der Waals surface area contributed by atoms with Crippen LogP contribution in [0.15, 0.2) is 48.5 Å². The number of ether oxygens (including phenoxy) is 1. The van der Waals surface area contributed by atoms with Crippen LogP contribution in [0.1, 0.15) is 67.6 Å². The lowest BCUT2D eigenvalue weighted by atomic mass is 9.81. The van der Waals surface area contributed by atoms with Gasteiger partial charge in [-0.3, -0.25) is 4.90 Å². The van der Waals surface area contributed by atoms with Crippen molar-refractivity contribution in [1.29, 1.82) is 0 Å². The van der Waals surface area contributed by atoms with E-state index in [0.29, 0.717) is 11.7 Å². The summed E-state index contributed by atoms with van der Waals surface area (Å²) < 4.78 is 5.55. The molecule has 31 heavy (non-hydrogen) atoms. The molecule has 1 aliphatic heterocycles. The first-order chi connectivity index (χ1) is 15.1. The standard InChI is InChI=1S/C27H36N2O2/c1-21-6-16-26(17-7-21)31-27(30)28(2)25-14-12-24(13-15-25)23-10-8-22(9-11-23)20-29-18-4-3-5-19-29/h6-11,16-17,24-25H,3-5,12-15,18-20H2,1-2H3/t24-,25-. The Kier molecular flexibility index (Phi) is 7.29. The predicted molar refractivity (Wildman–Crippen MR) is 126 cm³/mol. The third-order valence-corrected chi connectivity index (χ3v) is 7.06. The Bertz CT molecular complexity index is 833. The molecule has 2 aromatic carbocycles. The summed E-state index contributed by atoms with van der Waals surface area (Å²) >= 11 is 0. The van der Waals surface area contributed by atoms with E-state index in [9.17, 15) is 4.79 Å². The lowest BCUT2D eigenvalue weighted by Gasteiger charge is -2.34. The van der Waals surface area contributed by atoms with E-state index in [-0.39, 0.29) is 12.1 Å². The fourth-order valence-electron chi connectivity index (χ4n) is 5.00. The van der Waals surface area contributed by atoms with Gasteiger partial charge in [0.2, 0.25) is 0 Å². The van der Waals surface area contributed by atoms with Crippen molar-refractivity contribution in [3.8, 4) is 5.75 Å². The van der Waals surface area contributed by atoms with Crippen LogP contribution in [0, 0.1) is 6.92 Å². The molecule has 0 aromatic heterocycles. The summed E-state index contributed by atoms with van der Waals surface area (Å²) in [7, 11) is 1.87. The fourth-order valence-corrected chi connectivity index (χ4v) is 5.00. The van der Waals surface area contributed by atoms with Crippen LogP contribution in [-0.2, 0) is 6.54 Å². The minimum atomic E-state index is -0.255. The molecule has 0 bridgehead atoms. The summed E-state index contributed by atoms with van der Waals surface area (Å²) in [4.78, 5) is 16.9. The zero-order valence-electron chi connectivity index (χ0n) is 19.1. The van der Waals surface area contributed by atoms with Gasteiger partial charge in [0.1, 0.15) is 5.75 Å². The van der Waals surface area contributed by atoms with Crippen molar-refractivity contribution >= 4 is 6.09 Å². The predicted octanol–water partition coefficient (Wildman–Crippen LogP) is 6.14. The molecule has 2 aliphatic rings. The van der Waals surface area contributed by atoms with E-state index in [2.05, 4.69) is 29.2 Å². The molecule has 4 heteroatoms. The number of carbonyl (C=O) groups is 1. The first-order valence-corrected chi connectivity index (χ1v) is 11.9. The average Bonchev–Trinajstić information content (AvgIpc) is 2.81. The van der Waals surface area contributed by atoms with E-state index in [1.165, 1.54) is 43.5 Å². The number of nitrogens with zero attached hydrogens (tertiary/aromatic N) is 2. The van der Waals surface area contributed by atoms with Gasteiger partial charge in [0.15, 0.2) is 0 Å². The van der Waals surface area contributed by atoms with E-state index in [1.807, 2.05) is 38.2 Å². The molecule has 2 aromatic rings. The molecule has 166 valence electrons. The molecule has 1 saturated carbocycles. The van der Waals surface area contributed by atoms with Crippen LogP contribution in [0.4, 0.5) is 4.79 Å². The molecule has 0 atom stereocenters. The van der Waals surface area contributed by atoms with Gasteiger partial charge in [-0.25, -0.2) is 4.79 Å². The van der Waals surface area contributed by atoms with Crippen LogP contribution >= 0.6 is 0 Å². The quantitative estimate of drug-likeness (QED) is 0.583. The molecule has 0 radical (unpaired) electrons. The number of piperidine rings is 1. The van der Waals surface area contributed by atoms with Gasteiger partial charge >= 0.3 is 6.09 Å². The van der Waals surface area contributed by atoms with Crippen molar-refractivity contribution in [3.05, 3.63) is 65.2 Å². The molecular weight excluding hydrogens is 384 g/mol. The molecular formula is C27H36N2O2. The van der Waals surface area contributed by atoms with E-state index < -0.39 is 0 Å². The maximum absolute atomic E-state index is 12.5. The van der Waals surface area contributed by atoms with Crippen LogP contribution in [0.5, 0.6) is 5.75 Å². The van der Waals surface area contributed by atoms with Crippen molar-refractivity contribution in [2.45, 2.75) is 70.4 Å². The number of amides is 1. The van der Waals surface area contributed by atoms with Gasteiger partial charge in [-0.05, 0) is 87.7 Å². The highest BCUT2D eigenvalue weighted by Crippen LogP contribution is 2.35. The van der Waals surface area contributed by atoms with Crippen LogP contribution in [0.2, 0.25) is 0 Å². The summed E-state index contributed by atoms with van der Waals surface area (Å²) in [6, 6.07) is 17.2. The van der Waals surface area contributed by atoms with Gasteiger partial charge < -0.3 is 9.64 Å². The number of carbonyl (C=O) groups excluding carboxylic acids is 1. The number of rotatable bonds is 5. The molecule has 1 aliphatic carbocycles. The number of aryl methyl sites for hydroxylation is 1. The largest absolute Gasteiger partial charge is 0.415 e. The monoisotopic (exact) mass is 420 g/mol. The van der Waals surface area contributed by atoms with E-state index in [1.54, 1.807) is 4.90 Å². The van der Waals surface area contributed by atoms with Crippen LogP contribution < -0.4 is 4.74 Å². The van der Waals surface area contributed by atoms with Crippen molar-refractivity contribution in [2.24, 2.45) is 0 Å². The highest BCUT2D eigenvalue weighted by molar-refractivity contribution is 5.70. The summed E-state index contributed by atoms with van der Waals surface area (Å²) in [5, 5.41) is 0. The topological polar surface area (TPSA) is 32.8 Å².